The molecule has 1 rings (SSSR count). The van der Waals surface area contributed by atoms with Crippen LogP contribution >= 0.6 is 0 Å². The smallest absolute Gasteiger partial charge is 0.303 e. The van der Waals surface area contributed by atoms with Crippen LogP contribution < -0.4 is 0 Å². The number of hydrogen-bond donors (Lipinski definition) is 1. The van der Waals surface area contributed by atoms with Crippen molar-refractivity contribution >= 4 is 27.4 Å². The number of rotatable bonds is 7. The van der Waals surface area contributed by atoms with Gasteiger partial charge in [-0.05, 0) is 12.5 Å². The predicted octanol–water partition coefficient (Wildman–Crippen LogP) is 0.935. The van der Waals surface area contributed by atoms with Gasteiger partial charge in [-0.25, -0.2) is 8.42 Å². The number of sulfone groups is 1. The number of carboxylic acid groups (broad SMARTS) is 1. The van der Waals surface area contributed by atoms with Crippen LogP contribution in [0.3, 0.4) is 0 Å². The van der Waals surface area contributed by atoms with Crippen molar-refractivity contribution in [2.45, 2.75) is 17.7 Å². The van der Waals surface area contributed by atoms with E-state index in [-0.39, 0.29) is 29.8 Å². The number of hydrogen-bond acceptors (Lipinski definition) is 6. The second-order valence-electron chi connectivity index (χ2n) is 4.97. The lowest BCUT2D eigenvalue weighted by Crippen LogP contribution is -2.28. The van der Waals surface area contributed by atoms with Crippen LogP contribution in [0, 0.1) is 10.1 Å². The Morgan fingerprint density at radius 3 is 2.39 bits per heavy atom. The third kappa shape index (κ3) is 5.33. The molecule has 0 saturated heterocycles. The molecule has 0 heterocycles. The zero-order valence-corrected chi connectivity index (χ0v) is 13.4. The van der Waals surface area contributed by atoms with Crippen LogP contribution in [0.5, 0.6) is 0 Å². The molecule has 0 bridgehead atoms. The lowest BCUT2D eigenvalue weighted by Gasteiger charge is -2.17. The highest BCUT2D eigenvalue weighted by Gasteiger charge is 2.21. The van der Waals surface area contributed by atoms with Gasteiger partial charge in [-0.1, -0.05) is 0 Å². The third-order valence-electron chi connectivity index (χ3n) is 3.01. The molecule has 0 atom stereocenters. The van der Waals surface area contributed by atoms with E-state index in [4.69, 9.17) is 5.11 Å². The summed E-state index contributed by atoms with van der Waals surface area (Å²) >= 11 is 0. The molecule has 0 aliphatic rings. The van der Waals surface area contributed by atoms with E-state index >= 15 is 0 Å². The Balaban J connectivity index is 3.10. The largest absolute Gasteiger partial charge is 0.481 e. The highest BCUT2D eigenvalue weighted by Crippen LogP contribution is 2.21. The monoisotopic (exact) mass is 344 g/mol. The standard InChI is InChI=1S/C13H16N2O7S/c1-14(5-3-4-12(16)17)13(18)9-6-10(15(19)20)8-11(7-9)23(2,21)22/h6-8H,3-5H2,1-2H3,(H,16,17). The van der Waals surface area contributed by atoms with Gasteiger partial charge in [0.05, 0.1) is 9.82 Å². The van der Waals surface area contributed by atoms with Gasteiger partial charge in [0.2, 0.25) is 0 Å². The van der Waals surface area contributed by atoms with Crippen LogP contribution in [0.2, 0.25) is 0 Å². The molecule has 1 aromatic carbocycles. The molecule has 10 heteroatoms. The Morgan fingerprint density at radius 2 is 1.91 bits per heavy atom. The van der Waals surface area contributed by atoms with Crippen LogP contribution in [-0.4, -0.2) is 55.1 Å². The number of carboxylic acids is 1. The minimum atomic E-state index is -3.72. The quantitative estimate of drug-likeness (QED) is 0.574. The SMILES string of the molecule is CN(CCCC(=O)O)C(=O)c1cc([N+](=O)[O-])cc(S(C)(=O)=O)c1. The first-order chi connectivity index (χ1) is 10.5. The van der Waals surface area contributed by atoms with E-state index in [1.165, 1.54) is 11.9 Å². The Labute approximate surface area is 132 Å². The molecule has 0 fully saturated rings. The Hall–Kier alpha value is -2.49. The van der Waals surface area contributed by atoms with Gasteiger partial charge in [0.1, 0.15) is 0 Å². The summed E-state index contributed by atoms with van der Waals surface area (Å²) in [5.41, 5.74) is -0.646. The first-order valence-electron chi connectivity index (χ1n) is 6.49. The van der Waals surface area contributed by atoms with Gasteiger partial charge in [-0.3, -0.25) is 19.7 Å². The lowest BCUT2D eigenvalue weighted by atomic mass is 10.1. The molecule has 1 aromatic rings. The van der Waals surface area contributed by atoms with E-state index in [0.717, 1.165) is 24.5 Å². The van der Waals surface area contributed by atoms with Crippen molar-refractivity contribution in [3.63, 3.8) is 0 Å². The van der Waals surface area contributed by atoms with Gasteiger partial charge in [-0.15, -0.1) is 0 Å². The van der Waals surface area contributed by atoms with E-state index in [1.807, 2.05) is 0 Å². The van der Waals surface area contributed by atoms with Crippen molar-refractivity contribution in [2.24, 2.45) is 0 Å². The second-order valence-corrected chi connectivity index (χ2v) is 6.98. The van der Waals surface area contributed by atoms with Gasteiger partial charge >= 0.3 is 5.97 Å². The molecule has 1 N–H and O–H groups in total. The van der Waals surface area contributed by atoms with Gasteiger partial charge in [0.15, 0.2) is 9.84 Å². The Kier molecular flexibility index (Phi) is 5.79. The van der Waals surface area contributed by atoms with Crippen LogP contribution in [0.25, 0.3) is 0 Å². The van der Waals surface area contributed by atoms with Crippen molar-refractivity contribution in [1.29, 1.82) is 0 Å². The van der Waals surface area contributed by atoms with E-state index < -0.39 is 32.3 Å². The minimum Gasteiger partial charge on any atom is -0.481 e. The number of nitro groups is 1. The summed E-state index contributed by atoms with van der Waals surface area (Å²) in [6.45, 7) is 0.127. The van der Waals surface area contributed by atoms with E-state index in [0.29, 0.717) is 0 Å². The molecule has 23 heavy (non-hydrogen) atoms. The van der Waals surface area contributed by atoms with Gasteiger partial charge in [0, 0.05) is 44.0 Å². The number of non-ortho nitro benzene ring substituents is 1. The third-order valence-corrected chi connectivity index (χ3v) is 4.10. The predicted molar refractivity (Wildman–Crippen MR) is 80.0 cm³/mol. The second kappa shape index (κ2) is 7.18. The molecule has 0 radical (unpaired) electrons. The van der Waals surface area contributed by atoms with Gasteiger partial charge < -0.3 is 10.0 Å². The molecule has 126 valence electrons. The van der Waals surface area contributed by atoms with Crippen LogP contribution in [0.15, 0.2) is 23.1 Å². The molecular formula is C13H16N2O7S. The normalized spacial score (nSPS) is 11.0. The van der Waals surface area contributed by atoms with Crippen molar-refractivity contribution in [1.82, 2.24) is 4.90 Å². The van der Waals surface area contributed by atoms with Crippen molar-refractivity contribution in [2.75, 3.05) is 19.8 Å². The molecule has 0 aliphatic heterocycles. The zero-order valence-electron chi connectivity index (χ0n) is 12.6. The number of amides is 1. The molecule has 0 unspecified atom stereocenters. The fourth-order valence-corrected chi connectivity index (χ4v) is 2.49. The van der Waals surface area contributed by atoms with Crippen LogP contribution in [0.1, 0.15) is 23.2 Å². The van der Waals surface area contributed by atoms with E-state index in [2.05, 4.69) is 0 Å². The lowest BCUT2D eigenvalue weighted by molar-refractivity contribution is -0.385. The molecule has 0 aromatic heterocycles. The minimum absolute atomic E-state index is 0.124. The first-order valence-corrected chi connectivity index (χ1v) is 8.38. The summed E-state index contributed by atoms with van der Waals surface area (Å²) in [5.74, 6) is -1.62. The fraction of sp³-hybridized carbons (Fsp3) is 0.385. The number of benzene rings is 1. The number of nitrogens with zero attached hydrogens (tertiary/aromatic N) is 2. The van der Waals surface area contributed by atoms with Crippen molar-refractivity contribution in [3.8, 4) is 0 Å². The molecular weight excluding hydrogens is 328 g/mol. The maximum atomic E-state index is 12.2. The maximum Gasteiger partial charge on any atom is 0.303 e. The van der Waals surface area contributed by atoms with E-state index in [9.17, 15) is 28.1 Å². The fourth-order valence-electron chi connectivity index (χ4n) is 1.82. The van der Waals surface area contributed by atoms with Crippen LogP contribution in [0.4, 0.5) is 5.69 Å². The Morgan fingerprint density at radius 1 is 1.30 bits per heavy atom. The molecule has 9 nitrogen and oxygen atoms in total. The molecule has 0 saturated carbocycles. The Bertz CT molecular complexity index is 743. The van der Waals surface area contributed by atoms with Crippen molar-refractivity contribution < 1.29 is 28.0 Å². The molecule has 0 aliphatic carbocycles. The summed E-state index contributed by atoms with van der Waals surface area (Å²) in [7, 11) is -2.32. The average molecular weight is 344 g/mol. The topological polar surface area (TPSA) is 135 Å². The van der Waals surface area contributed by atoms with E-state index in [1.54, 1.807) is 0 Å². The first kappa shape index (κ1) is 18.6. The summed E-state index contributed by atoms with van der Waals surface area (Å²) in [6.07, 6.45) is 0.976. The maximum absolute atomic E-state index is 12.2. The van der Waals surface area contributed by atoms with Crippen molar-refractivity contribution in [3.05, 3.63) is 33.9 Å². The summed E-state index contributed by atoms with van der Waals surface area (Å²) in [5, 5.41) is 19.5. The summed E-state index contributed by atoms with van der Waals surface area (Å²) in [4.78, 5) is 33.7. The summed E-state index contributed by atoms with van der Waals surface area (Å²) in [6, 6.07) is 2.94. The highest BCUT2D eigenvalue weighted by atomic mass is 32.2. The molecule has 1 amide bonds. The van der Waals surface area contributed by atoms with Gasteiger partial charge in [0.25, 0.3) is 11.6 Å². The number of nitro benzene ring substituents is 1. The number of carbonyl (C=O) groups excluding carboxylic acids is 1. The number of carbonyl (C=O) groups is 2. The van der Waals surface area contributed by atoms with Gasteiger partial charge in [-0.2, -0.15) is 0 Å². The highest BCUT2D eigenvalue weighted by molar-refractivity contribution is 7.90. The zero-order chi connectivity index (χ0) is 17.8. The summed E-state index contributed by atoms with van der Waals surface area (Å²) < 4.78 is 23.2. The molecule has 0 spiro atoms. The van der Waals surface area contributed by atoms with Crippen LogP contribution in [-0.2, 0) is 14.6 Å². The average Bonchev–Trinajstić information content (AvgIpc) is 2.44. The number of aliphatic carboxylic acids is 1.